The average molecular weight is 414 g/mol. The minimum Gasteiger partial charge on any atom is -0.463 e. The molecule has 7 nitrogen and oxygen atoms in total. The molecule has 168 valence electrons. The van der Waals surface area contributed by atoms with E-state index < -0.39 is 0 Å². The number of nitrogens with zero attached hydrogens (tertiary/aromatic N) is 1. The van der Waals surface area contributed by atoms with Gasteiger partial charge in [-0.3, -0.25) is 9.59 Å². The first kappa shape index (κ1) is 24.1. The predicted octanol–water partition coefficient (Wildman–Crippen LogP) is 2.66. The fraction of sp³-hybridized carbons (Fsp3) is 0.909. The molecule has 7 heteroatoms. The lowest BCUT2D eigenvalue weighted by Crippen LogP contribution is -2.40. The van der Waals surface area contributed by atoms with Crippen LogP contribution in [0, 0.1) is 17.8 Å². The van der Waals surface area contributed by atoms with E-state index in [1.165, 1.54) is 19.3 Å². The number of unbranched alkanes of at least 4 members (excludes halogenated alkanes) is 1. The summed E-state index contributed by atoms with van der Waals surface area (Å²) in [6.45, 7) is 12.3. The van der Waals surface area contributed by atoms with Gasteiger partial charge in [-0.15, -0.1) is 0 Å². The van der Waals surface area contributed by atoms with Crippen LogP contribution in [0.3, 0.4) is 0 Å². The van der Waals surface area contributed by atoms with Crippen molar-refractivity contribution in [1.82, 2.24) is 4.90 Å². The van der Waals surface area contributed by atoms with Crippen molar-refractivity contribution in [3.05, 3.63) is 0 Å². The molecule has 0 amide bonds. The highest BCUT2D eigenvalue weighted by Crippen LogP contribution is 2.18. The van der Waals surface area contributed by atoms with Crippen molar-refractivity contribution in [3.63, 3.8) is 0 Å². The van der Waals surface area contributed by atoms with Crippen molar-refractivity contribution in [2.45, 2.75) is 65.6 Å². The van der Waals surface area contributed by atoms with Gasteiger partial charge in [-0.1, -0.05) is 47.0 Å². The fourth-order valence-corrected chi connectivity index (χ4v) is 3.39. The van der Waals surface area contributed by atoms with Gasteiger partial charge in [0.2, 0.25) is 0 Å². The molecule has 2 aliphatic heterocycles. The number of carbonyl (C=O) groups is 2. The van der Waals surface area contributed by atoms with E-state index in [4.69, 9.17) is 18.9 Å². The summed E-state index contributed by atoms with van der Waals surface area (Å²) >= 11 is 0. The standard InChI is InChI=1S/C22H39NO6/c1-5-7-8-18(6-2)11-23(9-16(3)21(24)28-14-19-12-26-19)10-17(4)22(25)29-15-20-13-27-20/h16-20H,5-15H2,1-4H3. The van der Waals surface area contributed by atoms with Gasteiger partial charge < -0.3 is 23.8 Å². The van der Waals surface area contributed by atoms with E-state index in [0.717, 1.165) is 13.0 Å². The van der Waals surface area contributed by atoms with Crippen LogP contribution in [0.5, 0.6) is 0 Å². The Bertz CT molecular complexity index is 470. The van der Waals surface area contributed by atoms with Crippen molar-refractivity contribution in [3.8, 4) is 0 Å². The van der Waals surface area contributed by atoms with Crippen LogP contribution in [0.4, 0.5) is 0 Å². The molecule has 0 bridgehead atoms. The minimum absolute atomic E-state index is 0.0750. The van der Waals surface area contributed by atoms with Gasteiger partial charge in [0.05, 0.1) is 25.0 Å². The van der Waals surface area contributed by atoms with Crippen molar-refractivity contribution in [2.24, 2.45) is 17.8 Å². The Hall–Kier alpha value is -1.18. The Morgan fingerprint density at radius 1 is 0.931 bits per heavy atom. The molecule has 0 aromatic heterocycles. The van der Waals surface area contributed by atoms with Crippen molar-refractivity contribution >= 4 is 11.9 Å². The molecule has 0 aromatic rings. The third kappa shape index (κ3) is 9.92. The second-order valence-corrected chi connectivity index (χ2v) is 8.61. The molecule has 0 aliphatic carbocycles. The lowest BCUT2D eigenvalue weighted by Gasteiger charge is -2.30. The maximum atomic E-state index is 12.3. The van der Waals surface area contributed by atoms with Gasteiger partial charge in [-0.25, -0.2) is 0 Å². The SMILES string of the molecule is CCCCC(CC)CN(CC(C)C(=O)OCC1CO1)CC(C)C(=O)OCC1CO1. The zero-order valence-corrected chi connectivity index (χ0v) is 18.6. The second kappa shape index (κ2) is 12.5. The maximum absolute atomic E-state index is 12.3. The number of esters is 2. The molecule has 2 saturated heterocycles. The number of rotatable bonds is 16. The topological polar surface area (TPSA) is 80.9 Å². The summed E-state index contributed by atoms with van der Waals surface area (Å²) in [6, 6.07) is 0. The molecule has 0 saturated carbocycles. The Balaban J connectivity index is 1.86. The molecule has 2 fully saturated rings. The van der Waals surface area contributed by atoms with E-state index in [-0.39, 0.29) is 36.0 Å². The first-order valence-corrected chi connectivity index (χ1v) is 11.2. The maximum Gasteiger partial charge on any atom is 0.310 e. The van der Waals surface area contributed by atoms with Crippen LogP contribution >= 0.6 is 0 Å². The highest BCUT2D eigenvalue weighted by Gasteiger charge is 2.29. The van der Waals surface area contributed by atoms with Gasteiger partial charge in [-0.05, 0) is 12.3 Å². The van der Waals surface area contributed by atoms with E-state index in [0.29, 0.717) is 45.4 Å². The third-order valence-electron chi connectivity index (χ3n) is 5.56. The molecule has 0 radical (unpaired) electrons. The van der Waals surface area contributed by atoms with Crippen LogP contribution in [-0.4, -0.2) is 75.1 Å². The summed E-state index contributed by atoms with van der Waals surface area (Å²) in [4.78, 5) is 26.9. The van der Waals surface area contributed by atoms with Crippen molar-refractivity contribution in [1.29, 1.82) is 0 Å². The van der Waals surface area contributed by atoms with E-state index in [1.807, 2.05) is 13.8 Å². The Morgan fingerprint density at radius 3 is 1.79 bits per heavy atom. The van der Waals surface area contributed by atoms with Crippen LogP contribution in [0.15, 0.2) is 0 Å². The van der Waals surface area contributed by atoms with Crippen molar-refractivity contribution < 1.29 is 28.5 Å². The summed E-state index contributed by atoms with van der Waals surface area (Å²) in [5, 5.41) is 0. The monoisotopic (exact) mass is 413 g/mol. The molecule has 2 heterocycles. The first-order valence-electron chi connectivity index (χ1n) is 11.2. The van der Waals surface area contributed by atoms with Gasteiger partial charge in [-0.2, -0.15) is 0 Å². The van der Waals surface area contributed by atoms with E-state index in [2.05, 4.69) is 18.7 Å². The van der Waals surface area contributed by atoms with E-state index >= 15 is 0 Å². The first-order chi connectivity index (χ1) is 13.9. The molecule has 2 rings (SSSR count). The predicted molar refractivity (Wildman–Crippen MR) is 109 cm³/mol. The Morgan fingerprint density at radius 2 is 1.41 bits per heavy atom. The van der Waals surface area contributed by atoms with Crippen LogP contribution in [0.2, 0.25) is 0 Å². The van der Waals surface area contributed by atoms with Gasteiger partial charge in [0, 0.05) is 19.6 Å². The second-order valence-electron chi connectivity index (χ2n) is 8.61. The molecular weight excluding hydrogens is 374 g/mol. The number of hydrogen-bond acceptors (Lipinski definition) is 7. The highest BCUT2D eigenvalue weighted by atomic mass is 16.6. The molecule has 5 unspecified atom stereocenters. The molecule has 2 aliphatic rings. The molecule has 29 heavy (non-hydrogen) atoms. The molecule has 0 aromatic carbocycles. The highest BCUT2D eigenvalue weighted by molar-refractivity contribution is 5.73. The van der Waals surface area contributed by atoms with Gasteiger partial charge >= 0.3 is 11.9 Å². The largest absolute Gasteiger partial charge is 0.463 e. The zero-order valence-electron chi connectivity index (χ0n) is 18.6. The van der Waals surface area contributed by atoms with Gasteiger partial charge in [0.1, 0.15) is 25.4 Å². The smallest absolute Gasteiger partial charge is 0.310 e. The number of hydrogen-bond donors (Lipinski definition) is 0. The summed E-state index contributed by atoms with van der Waals surface area (Å²) < 4.78 is 20.9. The van der Waals surface area contributed by atoms with Gasteiger partial charge in [0.15, 0.2) is 0 Å². The Kier molecular flexibility index (Phi) is 10.4. The molecular formula is C22H39NO6. The van der Waals surface area contributed by atoms with E-state index in [9.17, 15) is 9.59 Å². The normalized spacial score (nSPS) is 23.3. The lowest BCUT2D eigenvalue weighted by molar-refractivity contribution is -0.150. The molecule has 0 spiro atoms. The van der Waals surface area contributed by atoms with Crippen LogP contribution in [0.1, 0.15) is 53.4 Å². The third-order valence-corrected chi connectivity index (χ3v) is 5.56. The summed E-state index contributed by atoms with van der Waals surface area (Å²) in [5.41, 5.74) is 0. The summed E-state index contributed by atoms with van der Waals surface area (Å²) in [6.07, 6.45) is 4.78. The average Bonchev–Trinajstić information content (AvgIpc) is 3.61. The summed E-state index contributed by atoms with van der Waals surface area (Å²) in [7, 11) is 0. The zero-order chi connectivity index (χ0) is 21.2. The quantitative estimate of drug-likeness (QED) is 0.284. The number of ether oxygens (including phenoxy) is 4. The number of carbonyl (C=O) groups excluding carboxylic acids is 2. The van der Waals surface area contributed by atoms with Crippen molar-refractivity contribution in [2.75, 3.05) is 46.1 Å². The van der Waals surface area contributed by atoms with Crippen LogP contribution < -0.4 is 0 Å². The van der Waals surface area contributed by atoms with Crippen LogP contribution in [-0.2, 0) is 28.5 Å². The minimum atomic E-state index is -0.250. The fourth-order valence-electron chi connectivity index (χ4n) is 3.39. The summed E-state index contributed by atoms with van der Waals surface area (Å²) in [5.74, 6) is -0.344. The molecule has 0 N–H and O–H groups in total. The van der Waals surface area contributed by atoms with Gasteiger partial charge in [0.25, 0.3) is 0 Å². The van der Waals surface area contributed by atoms with Crippen LogP contribution in [0.25, 0.3) is 0 Å². The number of epoxide rings is 2. The lowest BCUT2D eigenvalue weighted by atomic mass is 9.97. The Labute approximate surface area is 175 Å². The van der Waals surface area contributed by atoms with E-state index in [1.54, 1.807) is 0 Å². The molecule has 5 atom stereocenters.